The Morgan fingerprint density at radius 3 is 1.50 bits per heavy atom. The SMILES string of the molecule is OC(CC(F)(F)C(F)(F)C(F)(F)C(F)(F)C(F)(F)C(F)(F)F)c1ccccc1-c1ccccc1. The quantitative estimate of drug-likeness (QED) is 0.360. The second-order valence-corrected chi connectivity index (χ2v) is 7.17. The molecule has 0 heterocycles. The molecule has 1 nitrogen and oxygen atoms in total. The molecule has 0 aromatic heterocycles. The maximum atomic E-state index is 14.1. The van der Waals surface area contributed by atoms with Gasteiger partial charge < -0.3 is 5.11 Å². The van der Waals surface area contributed by atoms with E-state index in [9.17, 15) is 62.2 Å². The van der Waals surface area contributed by atoms with Crippen LogP contribution < -0.4 is 0 Å². The van der Waals surface area contributed by atoms with Crippen LogP contribution in [0.5, 0.6) is 0 Å². The average molecular weight is 516 g/mol. The first-order valence-electron chi connectivity index (χ1n) is 9.00. The van der Waals surface area contributed by atoms with Crippen molar-refractivity contribution >= 4 is 0 Å². The molecule has 0 amide bonds. The monoisotopic (exact) mass is 516 g/mol. The number of hydrogen-bond acceptors (Lipinski definition) is 1. The maximum Gasteiger partial charge on any atom is 0.460 e. The number of aliphatic hydroxyl groups is 1. The second kappa shape index (κ2) is 8.61. The summed E-state index contributed by atoms with van der Waals surface area (Å²) in [7, 11) is 0. The van der Waals surface area contributed by atoms with Crippen molar-refractivity contribution in [2.24, 2.45) is 0 Å². The van der Waals surface area contributed by atoms with E-state index in [-0.39, 0.29) is 11.1 Å². The van der Waals surface area contributed by atoms with Gasteiger partial charge >= 0.3 is 35.8 Å². The van der Waals surface area contributed by atoms with Crippen molar-refractivity contribution in [3.63, 3.8) is 0 Å². The van der Waals surface area contributed by atoms with E-state index in [0.29, 0.717) is 0 Å². The van der Waals surface area contributed by atoms with Gasteiger partial charge in [0.25, 0.3) is 0 Å². The normalized spacial score (nSPS) is 15.4. The van der Waals surface area contributed by atoms with Crippen LogP contribution in [-0.2, 0) is 0 Å². The summed E-state index contributed by atoms with van der Waals surface area (Å²) in [6, 6.07) is 11.7. The summed E-state index contributed by atoms with van der Waals surface area (Å²) < 4.78 is 172. The molecule has 0 radical (unpaired) electrons. The summed E-state index contributed by atoms with van der Waals surface area (Å²) in [6.07, 6.45) is -12.9. The summed E-state index contributed by atoms with van der Waals surface area (Å²) >= 11 is 0. The van der Waals surface area contributed by atoms with E-state index >= 15 is 0 Å². The highest BCUT2D eigenvalue weighted by Gasteiger charge is 2.90. The Morgan fingerprint density at radius 2 is 1.00 bits per heavy atom. The molecule has 0 fully saturated rings. The molecule has 0 spiro atoms. The van der Waals surface area contributed by atoms with E-state index in [1.807, 2.05) is 0 Å². The summed E-state index contributed by atoms with van der Waals surface area (Å²) in [5.74, 6) is -37.5. The van der Waals surface area contributed by atoms with Gasteiger partial charge in [-0.2, -0.15) is 57.1 Å². The first-order chi connectivity index (χ1) is 15.2. The number of rotatable bonds is 8. The van der Waals surface area contributed by atoms with Crippen molar-refractivity contribution in [3.05, 3.63) is 60.2 Å². The van der Waals surface area contributed by atoms with Crippen LogP contribution in [0.4, 0.5) is 57.1 Å². The van der Waals surface area contributed by atoms with Crippen molar-refractivity contribution in [1.82, 2.24) is 0 Å². The second-order valence-electron chi connectivity index (χ2n) is 7.17. The Labute approximate surface area is 182 Å². The lowest BCUT2D eigenvalue weighted by Crippen LogP contribution is -2.70. The van der Waals surface area contributed by atoms with Crippen LogP contribution in [0.2, 0.25) is 0 Å². The molecule has 0 aliphatic heterocycles. The van der Waals surface area contributed by atoms with E-state index in [1.165, 1.54) is 42.5 Å². The van der Waals surface area contributed by atoms with Gasteiger partial charge in [-0.15, -0.1) is 0 Å². The molecule has 0 aliphatic rings. The molecule has 1 atom stereocenters. The molecule has 1 unspecified atom stereocenters. The van der Waals surface area contributed by atoms with Crippen molar-refractivity contribution in [2.75, 3.05) is 0 Å². The third-order valence-electron chi connectivity index (χ3n) is 4.85. The summed E-state index contributed by atoms with van der Waals surface area (Å²) in [5, 5.41) is 10.0. The van der Waals surface area contributed by atoms with Gasteiger partial charge in [-0.1, -0.05) is 54.6 Å². The summed E-state index contributed by atoms with van der Waals surface area (Å²) in [4.78, 5) is 0. The van der Waals surface area contributed by atoms with E-state index < -0.39 is 53.9 Å². The molecule has 2 rings (SSSR count). The van der Waals surface area contributed by atoms with Crippen molar-refractivity contribution in [2.45, 2.75) is 48.3 Å². The lowest BCUT2D eigenvalue weighted by atomic mass is 9.88. The molecule has 190 valence electrons. The number of aliphatic hydroxyl groups excluding tert-OH is 1. The number of halogens is 13. The Hall–Kier alpha value is -2.51. The largest absolute Gasteiger partial charge is 0.460 e. The zero-order chi connectivity index (χ0) is 26.4. The lowest BCUT2D eigenvalue weighted by molar-refractivity contribution is -0.440. The van der Waals surface area contributed by atoms with Crippen LogP contribution in [0.3, 0.4) is 0 Å². The fraction of sp³-hybridized carbons (Fsp3) is 0.400. The first kappa shape index (κ1) is 27.7. The van der Waals surface area contributed by atoms with Gasteiger partial charge in [-0.05, 0) is 16.7 Å². The molecular formula is C20H13F13O. The van der Waals surface area contributed by atoms with Crippen LogP contribution >= 0.6 is 0 Å². The topological polar surface area (TPSA) is 20.2 Å². The van der Waals surface area contributed by atoms with Crippen molar-refractivity contribution in [1.29, 1.82) is 0 Å². The van der Waals surface area contributed by atoms with Gasteiger partial charge in [0.15, 0.2) is 0 Å². The predicted octanol–water partition coefficient (Wildman–Crippen LogP) is 7.52. The Morgan fingerprint density at radius 1 is 0.559 bits per heavy atom. The zero-order valence-corrected chi connectivity index (χ0v) is 16.3. The highest BCUT2D eigenvalue weighted by molar-refractivity contribution is 5.67. The van der Waals surface area contributed by atoms with Crippen LogP contribution in [0.25, 0.3) is 11.1 Å². The lowest BCUT2D eigenvalue weighted by Gasteiger charge is -2.40. The molecular weight excluding hydrogens is 503 g/mol. The van der Waals surface area contributed by atoms with Crippen LogP contribution in [0.1, 0.15) is 18.1 Å². The number of benzene rings is 2. The van der Waals surface area contributed by atoms with Crippen LogP contribution in [0, 0.1) is 0 Å². The zero-order valence-electron chi connectivity index (χ0n) is 16.3. The number of alkyl halides is 13. The third kappa shape index (κ3) is 4.31. The summed E-state index contributed by atoms with van der Waals surface area (Å²) in [5.41, 5.74) is -0.385. The molecule has 14 heteroatoms. The van der Waals surface area contributed by atoms with Gasteiger partial charge in [-0.25, -0.2) is 0 Å². The minimum Gasteiger partial charge on any atom is -0.388 e. The molecule has 0 saturated carbocycles. The standard InChI is InChI=1S/C20H13F13O/c21-15(22,16(23,24)17(25,26)18(27,28)19(29,30)20(31,32)33)10-14(34)13-9-5-4-8-12(13)11-6-2-1-3-7-11/h1-9,14,34H,10H2. The Balaban J connectivity index is 2.46. The van der Waals surface area contributed by atoms with E-state index in [2.05, 4.69) is 0 Å². The van der Waals surface area contributed by atoms with Gasteiger partial charge in [-0.3, -0.25) is 0 Å². The highest BCUT2D eigenvalue weighted by atomic mass is 19.4. The predicted molar refractivity (Wildman–Crippen MR) is 92.2 cm³/mol. The first-order valence-corrected chi connectivity index (χ1v) is 9.00. The molecule has 0 bridgehead atoms. The average Bonchev–Trinajstić information content (AvgIpc) is 2.72. The minimum absolute atomic E-state index is 0.0598. The molecule has 2 aromatic rings. The number of hydrogen-bond donors (Lipinski definition) is 1. The molecule has 1 N–H and O–H groups in total. The molecule has 0 aliphatic carbocycles. The summed E-state index contributed by atoms with van der Waals surface area (Å²) in [6.45, 7) is 0. The molecule has 34 heavy (non-hydrogen) atoms. The molecule has 0 saturated heterocycles. The van der Waals surface area contributed by atoms with Crippen molar-refractivity contribution < 1.29 is 62.2 Å². The van der Waals surface area contributed by atoms with Crippen LogP contribution in [-0.4, -0.2) is 40.9 Å². The smallest absolute Gasteiger partial charge is 0.388 e. The van der Waals surface area contributed by atoms with Crippen LogP contribution in [0.15, 0.2) is 54.6 Å². The minimum atomic E-state index is -7.97. The fourth-order valence-electron chi connectivity index (χ4n) is 2.95. The van der Waals surface area contributed by atoms with Gasteiger partial charge in [0.1, 0.15) is 0 Å². The highest BCUT2D eigenvalue weighted by Crippen LogP contribution is 2.61. The van der Waals surface area contributed by atoms with Gasteiger partial charge in [0.2, 0.25) is 0 Å². The van der Waals surface area contributed by atoms with E-state index in [0.717, 1.165) is 12.1 Å². The van der Waals surface area contributed by atoms with Crippen molar-refractivity contribution in [3.8, 4) is 11.1 Å². The molecule has 2 aromatic carbocycles. The van der Waals surface area contributed by atoms with E-state index in [4.69, 9.17) is 0 Å². The third-order valence-corrected chi connectivity index (χ3v) is 4.85. The Kier molecular flexibility index (Phi) is 7.02. The maximum absolute atomic E-state index is 14.1. The van der Waals surface area contributed by atoms with Gasteiger partial charge in [0.05, 0.1) is 6.10 Å². The fourth-order valence-corrected chi connectivity index (χ4v) is 2.95. The Bertz CT molecular complexity index is 983. The van der Waals surface area contributed by atoms with Gasteiger partial charge in [0, 0.05) is 6.42 Å². The van der Waals surface area contributed by atoms with E-state index in [1.54, 1.807) is 0 Å².